The van der Waals surface area contributed by atoms with Crippen molar-refractivity contribution in [1.29, 1.82) is 0 Å². The Morgan fingerprint density at radius 3 is 2.68 bits per heavy atom. The number of thioether (sulfide) groups is 1. The Labute approximate surface area is 188 Å². The molecule has 2 aromatic rings. The van der Waals surface area contributed by atoms with Gasteiger partial charge in [-0.1, -0.05) is 43.0 Å². The minimum absolute atomic E-state index is 0.0686. The molecule has 1 saturated heterocycles. The largest absolute Gasteiger partial charge is 0.325 e. The average Bonchev–Trinajstić information content (AvgIpc) is 3.20. The maximum absolute atomic E-state index is 12.6. The molecule has 0 saturated carbocycles. The molecule has 1 fully saturated rings. The normalized spacial score (nSPS) is 21.6. The molecule has 31 heavy (non-hydrogen) atoms. The number of para-hydroxylation sites is 1. The van der Waals surface area contributed by atoms with E-state index in [2.05, 4.69) is 18.3 Å². The Kier molecular flexibility index (Phi) is 6.12. The highest BCUT2D eigenvalue weighted by atomic mass is 32.2. The lowest BCUT2D eigenvalue weighted by Gasteiger charge is -2.27. The average molecular weight is 458 g/mol. The van der Waals surface area contributed by atoms with Crippen molar-refractivity contribution in [1.82, 2.24) is 0 Å². The Morgan fingerprint density at radius 2 is 1.94 bits per heavy atom. The van der Waals surface area contributed by atoms with E-state index in [1.54, 1.807) is 0 Å². The molecule has 2 heterocycles. The highest BCUT2D eigenvalue weighted by Crippen LogP contribution is 2.35. The number of amidine groups is 1. The highest BCUT2D eigenvalue weighted by molar-refractivity contribution is 8.14. The van der Waals surface area contributed by atoms with Crippen LogP contribution >= 0.6 is 11.8 Å². The first-order valence-corrected chi connectivity index (χ1v) is 13.2. The summed E-state index contributed by atoms with van der Waals surface area (Å²) in [6.45, 7) is 6.15. The predicted molar refractivity (Wildman–Crippen MR) is 129 cm³/mol. The van der Waals surface area contributed by atoms with Crippen LogP contribution in [0.15, 0.2) is 47.5 Å². The lowest BCUT2D eigenvalue weighted by molar-refractivity contribution is -0.113. The van der Waals surface area contributed by atoms with Gasteiger partial charge in [0.2, 0.25) is 5.91 Å². The molecule has 8 heteroatoms. The number of amides is 1. The van der Waals surface area contributed by atoms with Crippen LogP contribution in [0.5, 0.6) is 0 Å². The number of hydrogen-bond acceptors (Lipinski definition) is 6. The fourth-order valence-electron chi connectivity index (χ4n) is 4.08. The molecule has 2 atom stereocenters. The molecule has 1 N–H and O–H groups in total. The summed E-state index contributed by atoms with van der Waals surface area (Å²) in [5.74, 6) is 0.274. The standard InChI is InChI=1S/C23H27N3O3S2/c1-4-17-7-5-6-8-19(17)24-22(27)12-30-23-25-20-13-31(28,29)14-21(20)26(23)18-10-9-15(2)16(3)11-18/h5-11,20-21H,4,12-14H2,1-3H3,(H,24,27)/t20-,21-/m0/s1. The molecule has 0 aromatic heterocycles. The minimum atomic E-state index is -3.11. The second-order valence-corrected chi connectivity index (χ2v) is 11.2. The van der Waals surface area contributed by atoms with Gasteiger partial charge >= 0.3 is 0 Å². The van der Waals surface area contributed by atoms with E-state index < -0.39 is 9.84 Å². The molecular weight excluding hydrogens is 430 g/mol. The maximum Gasteiger partial charge on any atom is 0.234 e. The zero-order chi connectivity index (χ0) is 22.2. The number of carbonyl (C=O) groups is 1. The summed E-state index contributed by atoms with van der Waals surface area (Å²) < 4.78 is 24.4. The smallest absolute Gasteiger partial charge is 0.234 e. The first-order valence-electron chi connectivity index (χ1n) is 10.4. The van der Waals surface area contributed by atoms with Crippen molar-refractivity contribution in [2.75, 3.05) is 27.5 Å². The Hall–Kier alpha value is -2.32. The van der Waals surface area contributed by atoms with Gasteiger partial charge in [0, 0.05) is 11.4 Å². The monoisotopic (exact) mass is 457 g/mol. The van der Waals surface area contributed by atoms with Crippen molar-refractivity contribution in [2.24, 2.45) is 4.99 Å². The van der Waals surface area contributed by atoms with Crippen LogP contribution in [0.3, 0.4) is 0 Å². The summed E-state index contributed by atoms with van der Waals surface area (Å²) >= 11 is 1.36. The lowest BCUT2D eigenvalue weighted by atomic mass is 10.1. The molecule has 2 aliphatic rings. The summed E-state index contributed by atoms with van der Waals surface area (Å²) in [5, 5.41) is 3.71. The fraction of sp³-hybridized carbons (Fsp3) is 0.391. The van der Waals surface area contributed by atoms with Crippen LogP contribution in [0.4, 0.5) is 11.4 Å². The molecule has 0 spiro atoms. The number of hydrogen-bond donors (Lipinski definition) is 1. The third-order valence-corrected chi connectivity index (χ3v) is 8.55. The van der Waals surface area contributed by atoms with Crippen LogP contribution in [0.25, 0.3) is 0 Å². The third-order valence-electron chi connectivity index (χ3n) is 5.88. The van der Waals surface area contributed by atoms with E-state index in [-0.39, 0.29) is 35.2 Å². The molecule has 0 unspecified atom stereocenters. The summed E-state index contributed by atoms with van der Waals surface area (Å²) in [4.78, 5) is 19.4. The van der Waals surface area contributed by atoms with Gasteiger partial charge in [0.15, 0.2) is 15.0 Å². The zero-order valence-corrected chi connectivity index (χ0v) is 19.6. The van der Waals surface area contributed by atoms with Crippen LogP contribution in [-0.2, 0) is 21.1 Å². The lowest BCUT2D eigenvalue weighted by Crippen LogP contribution is -2.39. The number of sulfone groups is 1. The van der Waals surface area contributed by atoms with Gasteiger partial charge in [-0.15, -0.1) is 0 Å². The van der Waals surface area contributed by atoms with Crippen LogP contribution < -0.4 is 10.2 Å². The minimum Gasteiger partial charge on any atom is -0.325 e. The van der Waals surface area contributed by atoms with Crippen molar-refractivity contribution in [3.63, 3.8) is 0 Å². The predicted octanol–water partition coefficient (Wildman–Crippen LogP) is 3.58. The van der Waals surface area contributed by atoms with Crippen LogP contribution in [-0.4, -0.2) is 48.8 Å². The first-order chi connectivity index (χ1) is 14.8. The molecule has 2 aromatic carbocycles. The molecular formula is C23H27N3O3S2. The number of nitrogens with one attached hydrogen (secondary N) is 1. The van der Waals surface area contributed by atoms with Gasteiger partial charge in [-0.05, 0) is 55.2 Å². The fourth-order valence-corrected chi connectivity index (χ4v) is 6.84. The van der Waals surface area contributed by atoms with E-state index in [0.717, 1.165) is 28.9 Å². The van der Waals surface area contributed by atoms with E-state index in [0.29, 0.717) is 5.17 Å². The maximum atomic E-state index is 12.6. The second-order valence-electron chi connectivity index (χ2n) is 8.11. The number of benzene rings is 2. The number of carbonyl (C=O) groups excluding carboxylic acids is 1. The molecule has 164 valence electrons. The van der Waals surface area contributed by atoms with Gasteiger partial charge in [-0.25, -0.2) is 8.42 Å². The van der Waals surface area contributed by atoms with E-state index in [1.165, 1.54) is 17.3 Å². The van der Waals surface area contributed by atoms with E-state index in [4.69, 9.17) is 4.99 Å². The van der Waals surface area contributed by atoms with Crippen molar-refractivity contribution in [3.8, 4) is 0 Å². The van der Waals surface area contributed by atoms with Gasteiger partial charge in [-0.2, -0.15) is 0 Å². The summed E-state index contributed by atoms with van der Waals surface area (Å²) in [7, 11) is -3.11. The SMILES string of the molecule is CCc1ccccc1NC(=O)CSC1=N[C@H]2CS(=O)(=O)C[C@@H]2N1c1ccc(C)c(C)c1. The number of nitrogens with zero attached hydrogens (tertiary/aromatic N) is 2. The quantitative estimate of drug-likeness (QED) is 0.743. The van der Waals surface area contributed by atoms with Crippen molar-refractivity contribution < 1.29 is 13.2 Å². The van der Waals surface area contributed by atoms with Gasteiger partial charge in [0.1, 0.15) is 0 Å². The van der Waals surface area contributed by atoms with E-state index >= 15 is 0 Å². The Bertz CT molecular complexity index is 1140. The molecule has 1 amide bonds. The van der Waals surface area contributed by atoms with Crippen molar-refractivity contribution in [3.05, 3.63) is 59.2 Å². The second kappa shape index (κ2) is 8.67. The van der Waals surface area contributed by atoms with Crippen LogP contribution in [0.1, 0.15) is 23.6 Å². The summed E-state index contributed by atoms with van der Waals surface area (Å²) in [6.07, 6.45) is 0.842. The van der Waals surface area contributed by atoms with E-state index in [1.807, 2.05) is 55.1 Å². The highest BCUT2D eigenvalue weighted by Gasteiger charge is 2.47. The van der Waals surface area contributed by atoms with Gasteiger partial charge in [-0.3, -0.25) is 9.79 Å². The molecule has 0 bridgehead atoms. The van der Waals surface area contributed by atoms with Crippen LogP contribution in [0.2, 0.25) is 0 Å². The number of rotatable bonds is 5. The number of aliphatic imine (C=N–C) groups is 1. The van der Waals surface area contributed by atoms with Crippen molar-refractivity contribution in [2.45, 2.75) is 39.3 Å². The Morgan fingerprint density at radius 1 is 1.16 bits per heavy atom. The zero-order valence-electron chi connectivity index (χ0n) is 18.0. The molecule has 0 aliphatic carbocycles. The van der Waals surface area contributed by atoms with Gasteiger partial charge in [0.05, 0.1) is 29.3 Å². The number of anilines is 2. The first kappa shape index (κ1) is 21.9. The molecule has 6 nitrogen and oxygen atoms in total. The third kappa shape index (κ3) is 4.65. The van der Waals surface area contributed by atoms with Crippen molar-refractivity contribution >= 4 is 44.0 Å². The van der Waals surface area contributed by atoms with Gasteiger partial charge in [0.25, 0.3) is 0 Å². The number of fused-ring (bicyclic) bond motifs is 1. The van der Waals surface area contributed by atoms with Gasteiger partial charge < -0.3 is 10.2 Å². The van der Waals surface area contributed by atoms with Crippen LogP contribution in [0, 0.1) is 13.8 Å². The molecule has 4 rings (SSSR count). The molecule has 2 aliphatic heterocycles. The summed E-state index contributed by atoms with van der Waals surface area (Å²) in [5.41, 5.74) is 5.17. The Balaban J connectivity index is 1.52. The topological polar surface area (TPSA) is 78.8 Å². The molecule has 0 radical (unpaired) electrons. The summed E-state index contributed by atoms with van der Waals surface area (Å²) in [6, 6.07) is 13.4. The van der Waals surface area contributed by atoms with E-state index in [9.17, 15) is 13.2 Å². The number of aryl methyl sites for hydroxylation is 3.